The standard InChI is InChI=1S/C14H21NO/c1-10(2)13-6-8-14(9-7-13)12(5)15-16-11(3)4/h6-11H,1-5H3/b15-12+. The smallest absolute Gasteiger partial charge is 0.122 e. The highest BCUT2D eigenvalue weighted by atomic mass is 16.6. The van der Waals surface area contributed by atoms with Crippen molar-refractivity contribution in [2.45, 2.75) is 46.6 Å². The molecular formula is C14H21NO. The zero-order valence-corrected chi connectivity index (χ0v) is 10.8. The van der Waals surface area contributed by atoms with Gasteiger partial charge < -0.3 is 4.84 Å². The largest absolute Gasteiger partial charge is 0.393 e. The molecule has 16 heavy (non-hydrogen) atoms. The lowest BCUT2D eigenvalue weighted by molar-refractivity contribution is 0.0860. The van der Waals surface area contributed by atoms with Crippen LogP contribution in [-0.2, 0) is 4.84 Å². The van der Waals surface area contributed by atoms with E-state index in [0.29, 0.717) is 5.92 Å². The summed E-state index contributed by atoms with van der Waals surface area (Å²) in [5.74, 6) is 0.568. The third kappa shape index (κ3) is 3.69. The second kappa shape index (κ2) is 5.69. The number of rotatable bonds is 4. The normalized spacial score (nSPS) is 12.3. The Kier molecular flexibility index (Phi) is 4.53. The summed E-state index contributed by atoms with van der Waals surface area (Å²) in [5, 5.41) is 4.09. The van der Waals surface area contributed by atoms with Crippen molar-refractivity contribution >= 4 is 5.71 Å². The Balaban J connectivity index is 2.77. The topological polar surface area (TPSA) is 21.6 Å². The third-order valence-electron chi connectivity index (χ3n) is 2.40. The van der Waals surface area contributed by atoms with E-state index >= 15 is 0 Å². The van der Waals surface area contributed by atoms with Crippen molar-refractivity contribution in [3.8, 4) is 0 Å². The molecule has 0 saturated heterocycles. The van der Waals surface area contributed by atoms with Gasteiger partial charge in [0, 0.05) is 0 Å². The molecule has 0 spiro atoms. The molecule has 0 bridgehead atoms. The van der Waals surface area contributed by atoms with E-state index in [1.165, 1.54) is 5.56 Å². The van der Waals surface area contributed by atoms with Gasteiger partial charge in [0.05, 0.1) is 5.71 Å². The van der Waals surface area contributed by atoms with Crippen LogP contribution in [0, 0.1) is 0 Å². The van der Waals surface area contributed by atoms with E-state index in [0.717, 1.165) is 11.3 Å². The van der Waals surface area contributed by atoms with Crippen LogP contribution >= 0.6 is 0 Å². The molecule has 2 heteroatoms. The van der Waals surface area contributed by atoms with Crippen molar-refractivity contribution in [3.05, 3.63) is 35.4 Å². The van der Waals surface area contributed by atoms with Crippen molar-refractivity contribution in [2.75, 3.05) is 0 Å². The van der Waals surface area contributed by atoms with E-state index in [9.17, 15) is 0 Å². The number of oxime groups is 1. The molecule has 1 rings (SSSR count). The molecule has 0 aliphatic heterocycles. The van der Waals surface area contributed by atoms with Crippen LogP contribution in [0.5, 0.6) is 0 Å². The molecule has 2 nitrogen and oxygen atoms in total. The van der Waals surface area contributed by atoms with Crippen molar-refractivity contribution < 1.29 is 4.84 Å². The minimum absolute atomic E-state index is 0.130. The fourth-order valence-electron chi connectivity index (χ4n) is 1.35. The van der Waals surface area contributed by atoms with Crippen molar-refractivity contribution in [2.24, 2.45) is 5.16 Å². The molecule has 0 heterocycles. The summed E-state index contributed by atoms with van der Waals surface area (Å²) in [6.07, 6.45) is 0.130. The highest BCUT2D eigenvalue weighted by molar-refractivity contribution is 5.98. The molecule has 0 saturated carbocycles. The molecule has 1 aromatic carbocycles. The Labute approximate surface area is 98.3 Å². The first-order valence-corrected chi connectivity index (χ1v) is 5.81. The van der Waals surface area contributed by atoms with Gasteiger partial charge in [0.25, 0.3) is 0 Å². The van der Waals surface area contributed by atoms with Gasteiger partial charge in [-0.1, -0.05) is 43.3 Å². The average molecular weight is 219 g/mol. The van der Waals surface area contributed by atoms with Crippen molar-refractivity contribution in [1.29, 1.82) is 0 Å². The summed E-state index contributed by atoms with van der Waals surface area (Å²) in [5.41, 5.74) is 3.38. The van der Waals surface area contributed by atoms with E-state index in [1.807, 2.05) is 20.8 Å². The molecule has 0 aliphatic rings. The van der Waals surface area contributed by atoms with Gasteiger partial charge in [0.2, 0.25) is 0 Å². The van der Waals surface area contributed by atoms with E-state index in [4.69, 9.17) is 4.84 Å². The second-order valence-corrected chi connectivity index (χ2v) is 4.61. The monoisotopic (exact) mass is 219 g/mol. The first-order valence-electron chi connectivity index (χ1n) is 5.81. The lowest BCUT2D eigenvalue weighted by Crippen LogP contribution is -2.01. The fraction of sp³-hybridized carbons (Fsp3) is 0.500. The van der Waals surface area contributed by atoms with Crippen LogP contribution in [-0.4, -0.2) is 11.8 Å². The Morgan fingerprint density at radius 1 is 1.06 bits per heavy atom. The molecule has 88 valence electrons. The van der Waals surface area contributed by atoms with Gasteiger partial charge in [-0.2, -0.15) is 0 Å². The second-order valence-electron chi connectivity index (χ2n) is 4.61. The minimum atomic E-state index is 0.130. The third-order valence-corrected chi connectivity index (χ3v) is 2.40. The molecular weight excluding hydrogens is 198 g/mol. The van der Waals surface area contributed by atoms with Crippen LogP contribution in [0.2, 0.25) is 0 Å². The lowest BCUT2D eigenvalue weighted by Gasteiger charge is -2.07. The quantitative estimate of drug-likeness (QED) is 0.555. The molecule has 0 atom stereocenters. The Morgan fingerprint density at radius 3 is 2.06 bits per heavy atom. The minimum Gasteiger partial charge on any atom is -0.393 e. The van der Waals surface area contributed by atoms with Gasteiger partial charge in [-0.25, -0.2) is 0 Å². The predicted octanol–water partition coefficient (Wildman–Crippen LogP) is 3.96. The number of benzene rings is 1. The lowest BCUT2D eigenvalue weighted by atomic mass is 10.0. The first-order chi connectivity index (χ1) is 7.50. The van der Waals surface area contributed by atoms with Crippen LogP contribution < -0.4 is 0 Å². The summed E-state index contributed by atoms with van der Waals surface area (Å²) < 4.78 is 0. The fourth-order valence-corrected chi connectivity index (χ4v) is 1.35. The highest BCUT2D eigenvalue weighted by Crippen LogP contribution is 2.15. The zero-order chi connectivity index (χ0) is 12.1. The molecule has 0 fully saturated rings. The van der Waals surface area contributed by atoms with Crippen molar-refractivity contribution in [3.63, 3.8) is 0 Å². The summed E-state index contributed by atoms with van der Waals surface area (Å²) in [6.45, 7) is 10.3. The van der Waals surface area contributed by atoms with Crippen LogP contribution in [0.25, 0.3) is 0 Å². The van der Waals surface area contributed by atoms with E-state index in [-0.39, 0.29) is 6.10 Å². The molecule has 0 aromatic heterocycles. The maximum absolute atomic E-state index is 5.22. The van der Waals surface area contributed by atoms with Crippen LogP contribution in [0.15, 0.2) is 29.4 Å². The molecule has 0 amide bonds. The molecule has 0 aliphatic carbocycles. The number of hydrogen-bond acceptors (Lipinski definition) is 2. The Morgan fingerprint density at radius 2 is 1.62 bits per heavy atom. The summed E-state index contributed by atoms with van der Waals surface area (Å²) >= 11 is 0. The van der Waals surface area contributed by atoms with Crippen molar-refractivity contribution in [1.82, 2.24) is 0 Å². The highest BCUT2D eigenvalue weighted by Gasteiger charge is 2.01. The summed E-state index contributed by atoms with van der Waals surface area (Å²) in [7, 11) is 0. The van der Waals surface area contributed by atoms with Crippen LogP contribution in [0.1, 0.15) is 51.7 Å². The predicted molar refractivity (Wildman–Crippen MR) is 69.0 cm³/mol. The molecule has 0 unspecified atom stereocenters. The number of nitrogens with zero attached hydrogens (tertiary/aromatic N) is 1. The summed E-state index contributed by atoms with van der Waals surface area (Å²) in [6, 6.07) is 8.48. The van der Waals surface area contributed by atoms with Gasteiger partial charge in [0.1, 0.15) is 6.10 Å². The van der Waals surface area contributed by atoms with Gasteiger partial charge in [-0.05, 0) is 37.8 Å². The SMILES string of the molecule is C/C(=N\OC(C)C)c1ccc(C(C)C)cc1. The maximum Gasteiger partial charge on any atom is 0.122 e. The zero-order valence-electron chi connectivity index (χ0n) is 10.8. The van der Waals surface area contributed by atoms with Gasteiger partial charge >= 0.3 is 0 Å². The maximum atomic E-state index is 5.22. The Hall–Kier alpha value is -1.31. The van der Waals surface area contributed by atoms with E-state index in [2.05, 4.69) is 43.3 Å². The van der Waals surface area contributed by atoms with Crippen LogP contribution in [0.4, 0.5) is 0 Å². The molecule has 0 radical (unpaired) electrons. The summed E-state index contributed by atoms with van der Waals surface area (Å²) in [4.78, 5) is 5.22. The van der Waals surface area contributed by atoms with Crippen LogP contribution in [0.3, 0.4) is 0 Å². The molecule has 1 aromatic rings. The average Bonchev–Trinajstić information content (AvgIpc) is 2.26. The molecule has 0 N–H and O–H groups in total. The van der Waals surface area contributed by atoms with E-state index in [1.54, 1.807) is 0 Å². The van der Waals surface area contributed by atoms with Gasteiger partial charge in [-0.3, -0.25) is 0 Å². The Bertz CT molecular complexity index is 350. The number of hydrogen-bond donors (Lipinski definition) is 0. The van der Waals surface area contributed by atoms with E-state index < -0.39 is 0 Å². The first kappa shape index (κ1) is 12.8. The van der Waals surface area contributed by atoms with Gasteiger partial charge in [0.15, 0.2) is 0 Å². The van der Waals surface area contributed by atoms with Gasteiger partial charge in [-0.15, -0.1) is 0 Å².